The van der Waals surface area contributed by atoms with Crippen LogP contribution in [-0.4, -0.2) is 36.6 Å². The zero-order valence-corrected chi connectivity index (χ0v) is 13.9. The fourth-order valence-corrected chi connectivity index (χ4v) is 3.50. The Morgan fingerprint density at radius 3 is 2.72 bits per heavy atom. The van der Waals surface area contributed by atoms with E-state index in [4.69, 9.17) is 13.6 Å². The first kappa shape index (κ1) is 15.9. The molecule has 0 bridgehead atoms. The molecule has 1 aromatic heterocycles. The van der Waals surface area contributed by atoms with Gasteiger partial charge in [0, 0.05) is 11.6 Å². The summed E-state index contributed by atoms with van der Waals surface area (Å²) >= 11 is 0. The second-order valence-electron chi connectivity index (χ2n) is 6.66. The van der Waals surface area contributed by atoms with Gasteiger partial charge in [0.1, 0.15) is 5.52 Å². The van der Waals surface area contributed by atoms with Crippen LogP contribution in [0.3, 0.4) is 0 Å². The summed E-state index contributed by atoms with van der Waals surface area (Å²) in [5.74, 6) is -0.471. The Labute approximate surface area is 147 Å². The third-order valence-corrected chi connectivity index (χ3v) is 4.93. The average molecular weight is 330 g/mol. The molecule has 0 saturated carbocycles. The van der Waals surface area contributed by atoms with Gasteiger partial charge in [-0.1, -0.05) is 24.3 Å². The van der Waals surface area contributed by atoms with E-state index >= 15 is 0 Å². The predicted molar refractivity (Wildman–Crippen MR) is 99.1 cm³/mol. The van der Waals surface area contributed by atoms with Crippen molar-refractivity contribution in [2.75, 3.05) is 13.1 Å². The molecule has 4 rings (SSSR count). The van der Waals surface area contributed by atoms with Gasteiger partial charge in [0.15, 0.2) is 0 Å². The minimum Gasteiger partial charge on any atom is -0.366 e. The molecule has 2 heterocycles. The molecule has 5 nitrogen and oxygen atoms in total. The fraction of sp³-hybridized carbons (Fsp3) is 0.263. The highest BCUT2D eigenvalue weighted by Gasteiger charge is 2.27. The molecule has 1 aliphatic heterocycles. The summed E-state index contributed by atoms with van der Waals surface area (Å²) in [5.41, 5.74) is 8.53. The number of piperidine rings is 1. The number of nitrogens with two attached hydrogens (primary N) is 1. The maximum absolute atomic E-state index is 11.6. The number of amides is 1. The van der Waals surface area contributed by atoms with Crippen molar-refractivity contribution < 1.29 is 4.79 Å². The number of aromatic nitrogens is 2. The van der Waals surface area contributed by atoms with Crippen molar-refractivity contribution in [1.82, 2.24) is 15.1 Å². The molecule has 1 fully saturated rings. The van der Waals surface area contributed by atoms with Crippen LogP contribution in [0.15, 0.2) is 48.7 Å². The summed E-state index contributed by atoms with van der Waals surface area (Å²) < 4.78 is 1.77. The molecule has 25 heavy (non-hydrogen) atoms. The average Bonchev–Trinajstić information content (AvgIpc) is 3.06. The van der Waals surface area contributed by atoms with Gasteiger partial charge in [-0.15, -0.1) is 0 Å². The number of hydrogen-bond donors (Lipinski definition) is 2. The zero-order valence-electron chi connectivity index (χ0n) is 13.9. The maximum atomic E-state index is 11.6. The van der Waals surface area contributed by atoms with Crippen LogP contribution < -0.4 is 11.1 Å². The van der Waals surface area contributed by atoms with Gasteiger partial charge in [0.2, 0.25) is 0 Å². The van der Waals surface area contributed by atoms with Crippen LogP contribution in [0.25, 0.3) is 16.6 Å². The second-order valence-corrected chi connectivity index (χ2v) is 6.66. The first-order chi connectivity index (χ1) is 12.1. The molecule has 2 aromatic carbocycles. The first-order valence-electron chi connectivity index (χ1n) is 8.46. The van der Waals surface area contributed by atoms with E-state index < -0.39 is 5.91 Å². The normalized spacial score (nSPS) is 20.6. The summed E-state index contributed by atoms with van der Waals surface area (Å²) in [6.45, 7) is 1.82. The van der Waals surface area contributed by atoms with Crippen LogP contribution in [0.2, 0.25) is 0 Å². The summed E-state index contributed by atoms with van der Waals surface area (Å²) in [7, 11) is 6.55. The molecule has 1 atom stereocenters. The number of carbonyl (C=O) groups is 1. The Bertz CT molecular complexity index is 926. The standard InChI is InChI=1S/C19H19BN4O/c20-19(9-2-10-22-12-19)14-5-7-15(8-6-14)24-11-13-3-1-4-16(18(21)25)17(13)23-24/h1,3-8,11,22H,2,9-10,12H2,(H2,21,25)/t19-/m1/s1. The lowest BCUT2D eigenvalue weighted by Gasteiger charge is -2.35. The van der Waals surface area contributed by atoms with Crippen LogP contribution in [0.4, 0.5) is 0 Å². The van der Waals surface area contributed by atoms with E-state index in [-0.39, 0.29) is 5.31 Å². The van der Waals surface area contributed by atoms with Crippen LogP contribution in [0.5, 0.6) is 0 Å². The number of carbonyl (C=O) groups excluding carboxylic acids is 1. The van der Waals surface area contributed by atoms with E-state index in [0.29, 0.717) is 11.1 Å². The number of benzene rings is 2. The van der Waals surface area contributed by atoms with E-state index in [0.717, 1.165) is 42.6 Å². The number of hydrogen-bond acceptors (Lipinski definition) is 3. The lowest BCUT2D eigenvalue weighted by molar-refractivity contribution is 0.100. The SMILES string of the molecule is [B][C@]1(c2ccc(-n3cc4cccc(C(N)=O)c4n3)cc2)CCCNC1. The number of nitrogens with one attached hydrogen (secondary N) is 1. The van der Waals surface area contributed by atoms with Crippen LogP contribution in [0.1, 0.15) is 28.8 Å². The van der Waals surface area contributed by atoms with Gasteiger partial charge >= 0.3 is 0 Å². The van der Waals surface area contributed by atoms with Crippen molar-refractivity contribution in [3.63, 3.8) is 0 Å². The summed E-state index contributed by atoms with van der Waals surface area (Å²) in [6.07, 6.45) is 3.96. The van der Waals surface area contributed by atoms with Gasteiger partial charge in [-0.2, -0.15) is 5.10 Å². The van der Waals surface area contributed by atoms with Gasteiger partial charge in [-0.05, 0) is 55.0 Å². The molecule has 1 saturated heterocycles. The molecule has 2 radical (unpaired) electrons. The second kappa shape index (κ2) is 6.04. The lowest BCUT2D eigenvalue weighted by Crippen LogP contribution is -2.43. The molecule has 1 aliphatic rings. The highest BCUT2D eigenvalue weighted by molar-refractivity contribution is 6.16. The van der Waals surface area contributed by atoms with Gasteiger partial charge < -0.3 is 11.1 Å². The maximum Gasteiger partial charge on any atom is 0.250 e. The molecule has 1 amide bonds. The van der Waals surface area contributed by atoms with Gasteiger partial charge in [-0.25, -0.2) is 4.68 Å². The smallest absolute Gasteiger partial charge is 0.250 e. The van der Waals surface area contributed by atoms with Crippen molar-refractivity contribution in [1.29, 1.82) is 0 Å². The Morgan fingerprint density at radius 1 is 1.24 bits per heavy atom. The highest BCUT2D eigenvalue weighted by Crippen LogP contribution is 2.28. The quantitative estimate of drug-likeness (QED) is 0.720. The van der Waals surface area contributed by atoms with Crippen molar-refractivity contribution >= 4 is 24.7 Å². The third-order valence-electron chi connectivity index (χ3n) is 4.93. The monoisotopic (exact) mass is 330 g/mol. The van der Waals surface area contributed by atoms with Crippen LogP contribution in [0, 0.1) is 0 Å². The Hall–Kier alpha value is -2.60. The highest BCUT2D eigenvalue weighted by atomic mass is 16.1. The Morgan fingerprint density at radius 2 is 2.04 bits per heavy atom. The fourth-order valence-electron chi connectivity index (χ4n) is 3.50. The Balaban J connectivity index is 1.69. The van der Waals surface area contributed by atoms with E-state index in [2.05, 4.69) is 22.5 Å². The van der Waals surface area contributed by atoms with E-state index in [1.165, 1.54) is 0 Å². The zero-order chi connectivity index (χ0) is 17.4. The van der Waals surface area contributed by atoms with Crippen LogP contribution >= 0.6 is 0 Å². The van der Waals surface area contributed by atoms with Crippen molar-refractivity contribution in [3.05, 3.63) is 59.8 Å². The van der Waals surface area contributed by atoms with Crippen molar-refractivity contribution in [2.24, 2.45) is 5.73 Å². The Kier molecular flexibility index (Phi) is 3.84. The molecule has 3 N–H and O–H groups in total. The molecule has 0 spiro atoms. The van der Waals surface area contributed by atoms with Crippen molar-refractivity contribution in [2.45, 2.75) is 18.2 Å². The van der Waals surface area contributed by atoms with E-state index in [1.54, 1.807) is 10.7 Å². The number of fused-ring (bicyclic) bond motifs is 1. The molecule has 124 valence electrons. The topological polar surface area (TPSA) is 72.9 Å². The van der Waals surface area contributed by atoms with E-state index in [9.17, 15) is 4.79 Å². The lowest BCUT2D eigenvalue weighted by atomic mass is 9.60. The summed E-state index contributed by atoms with van der Waals surface area (Å²) in [4.78, 5) is 11.6. The summed E-state index contributed by atoms with van der Waals surface area (Å²) in [6, 6.07) is 13.6. The molecule has 3 aromatic rings. The number of nitrogens with zero attached hydrogens (tertiary/aromatic N) is 2. The predicted octanol–water partition coefficient (Wildman–Crippen LogP) is 1.87. The third kappa shape index (κ3) is 2.83. The van der Waals surface area contributed by atoms with E-state index in [1.807, 2.05) is 30.5 Å². The molecule has 0 unspecified atom stereocenters. The largest absolute Gasteiger partial charge is 0.366 e. The minimum atomic E-state index is -0.471. The minimum absolute atomic E-state index is 0.315. The first-order valence-corrected chi connectivity index (χ1v) is 8.46. The summed E-state index contributed by atoms with van der Waals surface area (Å²) in [5, 5.41) is 8.47. The van der Waals surface area contributed by atoms with Gasteiger partial charge in [0.25, 0.3) is 5.91 Å². The molecular formula is C19H19BN4O. The number of primary amides is 1. The molecule has 0 aliphatic carbocycles. The number of rotatable bonds is 3. The van der Waals surface area contributed by atoms with Crippen molar-refractivity contribution in [3.8, 4) is 5.69 Å². The van der Waals surface area contributed by atoms with Gasteiger partial charge in [0.05, 0.1) is 19.1 Å². The van der Waals surface area contributed by atoms with Gasteiger partial charge in [-0.3, -0.25) is 4.79 Å². The van der Waals surface area contributed by atoms with Crippen LogP contribution in [-0.2, 0) is 5.31 Å². The molecular weight excluding hydrogens is 311 g/mol. The molecule has 6 heteroatoms.